The molecule has 0 unspecified atom stereocenters. The molecule has 0 amide bonds. The van der Waals surface area contributed by atoms with E-state index in [-0.39, 0.29) is 16.5 Å². The Balaban J connectivity index is 1.81. The van der Waals surface area contributed by atoms with Crippen LogP contribution in [0.25, 0.3) is 76.5 Å². The fourth-order valence-electron chi connectivity index (χ4n) is 5.01. The highest BCUT2D eigenvalue weighted by atomic mass is 14.2. The van der Waals surface area contributed by atoms with Gasteiger partial charge in [0.1, 0.15) is 0 Å². The Bertz CT molecular complexity index is 3270. The summed E-state index contributed by atoms with van der Waals surface area (Å²) in [7, 11) is 0. The third kappa shape index (κ3) is 3.54. The normalized spacial score (nSPS) is 18.9. The minimum atomic E-state index is -0.888. The van der Waals surface area contributed by atoms with Crippen LogP contribution in [0.5, 0.6) is 0 Å². The van der Waals surface area contributed by atoms with E-state index in [9.17, 15) is 9.60 Å². The first-order valence-corrected chi connectivity index (χ1v) is 12.2. The number of benzene rings is 8. The molecule has 0 saturated carbocycles. The fraction of sp³-hybridized carbons (Fsp3) is 0. The SMILES string of the molecule is [2H]c1c([2H])c([2H])c2c([2H])c(-c3c4c([2H])c([2H])c([2H])c([2H])c4c(-c4c([2H])c([2H])c([2H])c5c([2H])c([2H])c([2H])c(-c6ccccc6)c45)c4c([2H])c([2H])c([2H])c([2H])c34)c([2H])c([2H])c2c1[2H]. The maximum absolute atomic E-state index is 9.47. The van der Waals surface area contributed by atoms with Gasteiger partial charge in [0.25, 0.3) is 0 Å². The van der Waals surface area contributed by atoms with Crippen molar-refractivity contribution < 1.29 is 28.8 Å². The smallest absolute Gasteiger partial charge is 0.0622 e. The Morgan fingerprint density at radius 3 is 1.60 bits per heavy atom. The van der Waals surface area contributed by atoms with Gasteiger partial charge in [-0.2, -0.15) is 0 Å². The van der Waals surface area contributed by atoms with Crippen LogP contribution in [0.4, 0.5) is 0 Å². The van der Waals surface area contributed by atoms with Crippen molar-refractivity contribution in [2.75, 3.05) is 0 Å². The highest BCUT2D eigenvalue weighted by Gasteiger charge is 2.19. The van der Waals surface area contributed by atoms with Crippen molar-refractivity contribution in [2.24, 2.45) is 0 Å². The van der Waals surface area contributed by atoms with Crippen molar-refractivity contribution in [3.8, 4) is 33.4 Å². The molecule has 0 nitrogen and oxygen atoms in total. The van der Waals surface area contributed by atoms with Crippen LogP contribution in [0.2, 0.25) is 0 Å². The zero-order valence-electron chi connectivity index (χ0n) is 41.4. The molecule has 0 aliphatic rings. The molecule has 40 heavy (non-hydrogen) atoms. The predicted octanol–water partition coefficient (Wildman–Crippen LogP) is 11.3. The van der Waals surface area contributed by atoms with Crippen molar-refractivity contribution in [3.63, 3.8) is 0 Å². The first kappa shape index (κ1) is 10.1. The minimum absolute atomic E-state index is 0.134. The second-order valence-electron chi connectivity index (χ2n) is 8.87. The Labute approximate surface area is 263 Å². The molecular formula is C40H26. The lowest BCUT2D eigenvalue weighted by atomic mass is 9.83. The Hall–Kier alpha value is -5.20. The average Bonchev–Trinajstić information content (AvgIpc) is 3.24. The topological polar surface area (TPSA) is 0 Å². The van der Waals surface area contributed by atoms with E-state index in [0.717, 1.165) is 0 Å². The Kier molecular flexibility index (Phi) is 2.32. The highest BCUT2D eigenvalue weighted by Crippen LogP contribution is 2.47. The van der Waals surface area contributed by atoms with E-state index in [0.29, 0.717) is 0 Å². The van der Waals surface area contributed by atoms with Crippen LogP contribution < -0.4 is 0 Å². The summed E-state index contributed by atoms with van der Waals surface area (Å²) in [6.45, 7) is 0. The zero-order chi connectivity index (χ0) is 44.7. The molecule has 0 bridgehead atoms. The molecule has 0 N–H and O–H groups in total. The van der Waals surface area contributed by atoms with Gasteiger partial charge < -0.3 is 0 Å². The number of fused-ring (bicyclic) bond motifs is 4. The van der Waals surface area contributed by atoms with Gasteiger partial charge in [-0.3, -0.25) is 0 Å². The van der Waals surface area contributed by atoms with Gasteiger partial charge in [0.2, 0.25) is 0 Å². The van der Waals surface area contributed by atoms with Gasteiger partial charge in [-0.25, -0.2) is 0 Å². The molecule has 0 atom stereocenters. The summed E-state index contributed by atoms with van der Waals surface area (Å²) < 4.78 is 189. The average molecular weight is 528 g/mol. The quantitative estimate of drug-likeness (QED) is 0.200. The number of rotatable bonds is 3. The van der Waals surface area contributed by atoms with Crippen LogP contribution in [-0.2, 0) is 0 Å². The Morgan fingerprint density at radius 2 is 0.925 bits per heavy atom. The lowest BCUT2D eigenvalue weighted by molar-refractivity contribution is 1.64. The van der Waals surface area contributed by atoms with Gasteiger partial charge >= 0.3 is 0 Å². The van der Waals surface area contributed by atoms with Crippen molar-refractivity contribution in [2.45, 2.75) is 0 Å². The van der Waals surface area contributed by atoms with Crippen LogP contribution in [-0.4, -0.2) is 0 Å². The molecule has 8 aromatic carbocycles. The molecule has 8 aromatic rings. The van der Waals surface area contributed by atoms with Gasteiger partial charge in [-0.05, 0) is 82.5 Å². The van der Waals surface area contributed by atoms with Gasteiger partial charge in [-0.15, -0.1) is 0 Å². The van der Waals surface area contributed by atoms with E-state index < -0.39 is 187 Å². The molecule has 0 aromatic heterocycles. The van der Waals surface area contributed by atoms with Gasteiger partial charge in [0, 0.05) is 0 Å². The lowest BCUT2D eigenvalue weighted by Crippen LogP contribution is -1.92. The summed E-state index contributed by atoms with van der Waals surface area (Å²) in [4.78, 5) is 0. The summed E-state index contributed by atoms with van der Waals surface area (Å²) in [5, 5.41) is -4.08. The molecule has 0 fully saturated rings. The highest BCUT2D eigenvalue weighted by molar-refractivity contribution is 6.24. The van der Waals surface area contributed by atoms with E-state index in [1.54, 1.807) is 18.2 Å². The molecule has 186 valence electrons. The van der Waals surface area contributed by atoms with Crippen LogP contribution >= 0.6 is 0 Å². The maximum Gasteiger partial charge on any atom is 0.0636 e. The van der Waals surface area contributed by atoms with E-state index in [1.807, 2.05) is 0 Å². The zero-order valence-corrected chi connectivity index (χ0v) is 20.4. The first-order valence-electron chi connectivity index (χ1n) is 22.7. The van der Waals surface area contributed by atoms with Crippen LogP contribution in [0.1, 0.15) is 28.8 Å². The third-order valence-electron chi connectivity index (χ3n) is 6.69. The van der Waals surface area contributed by atoms with Crippen molar-refractivity contribution in [1.82, 2.24) is 0 Å². The molecule has 0 saturated heterocycles. The minimum Gasteiger partial charge on any atom is -0.0622 e. The molecular weight excluding hydrogens is 480 g/mol. The van der Waals surface area contributed by atoms with Crippen LogP contribution in [0.15, 0.2) is 157 Å². The summed E-state index contributed by atoms with van der Waals surface area (Å²) in [5.74, 6) is 0. The summed E-state index contributed by atoms with van der Waals surface area (Å²) in [6, 6.07) is -8.96. The summed E-state index contributed by atoms with van der Waals surface area (Å²) in [6.07, 6.45) is 0. The molecule has 0 radical (unpaired) electrons. The van der Waals surface area contributed by atoms with E-state index >= 15 is 0 Å². The van der Waals surface area contributed by atoms with Crippen molar-refractivity contribution >= 4 is 43.1 Å². The van der Waals surface area contributed by atoms with Gasteiger partial charge in [0.05, 0.1) is 28.8 Å². The number of hydrogen-bond donors (Lipinski definition) is 0. The van der Waals surface area contributed by atoms with E-state index in [1.165, 1.54) is 12.1 Å². The maximum atomic E-state index is 9.47. The lowest BCUT2D eigenvalue weighted by Gasteiger charge is -2.20. The van der Waals surface area contributed by atoms with Crippen LogP contribution in [0, 0.1) is 0 Å². The first-order chi connectivity index (χ1) is 28.6. The molecule has 8 rings (SSSR count). The summed E-state index contributed by atoms with van der Waals surface area (Å²) >= 11 is 0. The number of hydrogen-bond acceptors (Lipinski definition) is 0. The fourth-order valence-corrected chi connectivity index (χ4v) is 5.01. The third-order valence-corrected chi connectivity index (χ3v) is 6.69. The Morgan fingerprint density at radius 1 is 0.375 bits per heavy atom. The van der Waals surface area contributed by atoms with Crippen LogP contribution in [0.3, 0.4) is 0 Å². The van der Waals surface area contributed by atoms with E-state index in [4.69, 9.17) is 19.2 Å². The molecule has 0 spiro atoms. The molecule has 0 aliphatic heterocycles. The molecule has 0 heteroatoms. The second-order valence-corrected chi connectivity index (χ2v) is 8.87. The van der Waals surface area contributed by atoms with Crippen molar-refractivity contribution in [1.29, 1.82) is 0 Å². The van der Waals surface area contributed by atoms with Gasteiger partial charge in [-0.1, -0.05) is 151 Å². The standard InChI is InChI=1S/C40H26/c1-2-13-28(14-3-1)32-22-10-16-29-17-11-23-37(38(29)32)40-35-20-8-6-18-33(35)39(34-19-7-9-21-36(34)40)31-25-24-27-12-4-5-15-30(27)26-31/h1-26H/i4D,5D,6D,7D,8D,9D,10D,11D,12D,15D,16D,17D,18D,19D,20D,21D,22D,23D,24D,25D,26D. The van der Waals surface area contributed by atoms with Gasteiger partial charge in [0.15, 0.2) is 0 Å². The molecule has 0 aliphatic carbocycles. The summed E-state index contributed by atoms with van der Waals surface area (Å²) in [5.41, 5.74) is -2.17. The monoisotopic (exact) mass is 527 g/mol. The molecule has 0 heterocycles. The second kappa shape index (κ2) is 9.22. The predicted molar refractivity (Wildman–Crippen MR) is 173 cm³/mol. The largest absolute Gasteiger partial charge is 0.0636 e. The van der Waals surface area contributed by atoms with E-state index in [2.05, 4.69) is 0 Å². The van der Waals surface area contributed by atoms with Crippen molar-refractivity contribution in [3.05, 3.63) is 157 Å².